The number of aromatic nitrogens is 1. The molecular weight excluding hydrogens is 278 g/mol. The maximum absolute atomic E-state index is 11.0. The number of benzene rings is 1. The summed E-state index contributed by atoms with van der Waals surface area (Å²) >= 11 is 1.48. The van der Waals surface area contributed by atoms with Crippen molar-refractivity contribution in [3.63, 3.8) is 0 Å². The summed E-state index contributed by atoms with van der Waals surface area (Å²) in [4.78, 5) is 15.7. The van der Waals surface area contributed by atoms with Gasteiger partial charge in [-0.1, -0.05) is 23.5 Å². The SMILES string of the molecule is CCNc1ncc(COc2c(C)cccc2[N+](=O)[O-])s1. The van der Waals surface area contributed by atoms with E-state index in [0.717, 1.165) is 22.1 Å². The van der Waals surface area contributed by atoms with Crippen LogP contribution in [-0.4, -0.2) is 16.5 Å². The second kappa shape index (κ2) is 6.33. The molecule has 20 heavy (non-hydrogen) atoms. The van der Waals surface area contributed by atoms with Crippen LogP contribution in [0.25, 0.3) is 0 Å². The Hall–Kier alpha value is -2.15. The smallest absolute Gasteiger partial charge is 0.311 e. The first-order valence-corrected chi connectivity index (χ1v) is 6.99. The zero-order valence-corrected chi connectivity index (χ0v) is 12.1. The van der Waals surface area contributed by atoms with E-state index in [9.17, 15) is 10.1 Å². The van der Waals surface area contributed by atoms with Crippen molar-refractivity contribution in [2.24, 2.45) is 0 Å². The molecule has 106 valence electrons. The van der Waals surface area contributed by atoms with Crippen LogP contribution in [-0.2, 0) is 6.61 Å². The largest absolute Gasteiger partial charge is 0.481 e. The number of thiazole rings is 1. The molecule has 0 radical (unpaired) electrons. The van der Waals surface area contributed by atoms with E-state index in [0.29, 0.717) is 5.75 Å². The molecule has 1 heterocycles. The summed E-state index contributed by atoms with van der Waals surface area (Å²) in [5.41, 5.74) is 0.733. The molecule has 0 aliphatic carbocycles. The highest BCUT2D eigenvalue weighted by Gasteiger charge is 2.17. The molecule has 2 aromatic rings. The van der Waals surface area contributed by atoms with Crippen LogP contribution in [0.15, 0.2) is 24.4 Å². The molecule has 0 bridgehead atoms. The Bertz CT molecular complexity index is 613. The third-order valence-corrected chi connectivity index (χ3v) is 3.56. The lowest BCUT2D eigenvalue weighted by atomic mass is 10.2. The maximum Gasteiger partial charge on any atom is 0.311 e. The summed E-state index contributed by atoms with van der Waals surface area (Å²) in [6.45, 7) is 4.86. The van der Waals surface area contributed by atoms with Crippen molar-refractivity contribution in [2.45, 2.75) is 20.5 Å². The van der Waals surface area contributed by atoms with E-state index in [1.807, 2.05) is 6.92 Å². The Morgan fingerprint density at radius 2 is 2.30 bits per heavy atom. The van der Waals surface area contributed by atoms with Crippen molar-refractivity contribution in [3.8, 4) is 5.75 Å². The highest BCUT2D eigenvalue weighted by molar-refractivity contribution is 7.15. The average molecular weight is 293 g/mol. The van der Waals surface area contributed by atoms with Gasteiger partial charge in [-0.25, -0.2) is 4.98 Å². The number of anilines is 1. The molecule has 7 heteroatoms. The number of nitro benzene ring substituents is 1. The average Bonchev–Trinajstić information content (AvgIpc) is 2.85. The van der Waals surface area contributed by atoms with Crippen molar-refractivity contribution in [1.29, 1.82) is 0 Å². The molecule has 6 nitrogen and oxygen atoms in total. The van der Waals surface area contributed by atoms with Crippen LogP contribution in [0.3, 0.4) is 0 Å². The number of nitrogens with one attached hydrogen (secondary N) is 1. The Labute approximate surface area is 120 Å². The zero-order valence-electron chi connectivity index (χ0n) is 11.3. The molecular formula is C13H15N3O3S. The third-order valence-electron chi connectivity index (χ3n) is 2.63. The molecule has 0 aliphatic heterocycles. The summed E-state index contributed by atoms with van der Waals surface area (Å²) in [5.74, 6) is 0.316. The van der Waals surface area contributed by atoms with Gasteiger partial charge in [0.15, 0.2) is 10.9 Å². The fourth-order valence-electron chi connectivity index (χ4n) is 1.72. The Balaban J connectivity index is 2.12. The Kier molecular flexibility index (Phi) is 4.52. The maximum atomic E-state index is 11.0. The number of aryl methyl sites for hydroxylation is 1. The quantitative estimate of drug-likeness (QED) is 0.652. The lowest BCUT2D eigenvalue weighted by Gasteiger charge is -2.07. The van der Waals surface area contributed by atoms with Gasteiger partial charge in [-0.3, -0.25) is 10.1 Å². The van der Waals surface area contributed by atoms with Crippen molar-refractivity contribution in [1.82, 2.24) is 4.98 Å². The number of nitro groups is 1. The Morgan fingerprint density at radius 3 is 3.00 bits per heavy atom. The van der Waals surface area contributed by atoms with Crippen molar-refractivity contribution >= 4 is 22.2 Å². The Morgan fingerprint density at radius 1 is 1.50 bits per heavy atom. The molecule has 1 aromatic heterocycles. The highest BCUT2D eigenvalue weighted by atomic mass is 32.1. The number of para-hydroxylation sites is 1. The van der Waals surface area contributed by atoms with Gasteiger partial charge in [0.1, 0.15) is 6.61 Å². The van der Waals surface area contributed by atoms with Crippen molar-refractivity contribution in [2.75, 3.05) is 11.9 Å². The minimum absolute atomic E-state index is 0.0126. The molecule has 1 N–H and O–H groups in total. The molecule has 0 spiro atoms. The van der Waals surface area contributed by atoms with Gasteiger partial charge in [0.2, 0.25) is 0 Å². The lowest BCUT2D eigenvalue weighted by molar-refractivity contribution is -0.386. The fourth-order valence-corrected chi connectivity index (χ4v) is 2.51. The van der Waals surface area contributed by atoms with E-state index >= 15 is 0 Å². The van der Waals surface area contributed by atoms with Crippen LogP contribution in [0.5, 0.6) is 5.75 Å². The summed E-state index contributed by atoms with van der Waals surface area (Å²) in [5, 5.41) is 14.9. The van der Waals surface area contributed by atoms with E-state index in [4.69, 9.17) is 4.74 Å². The molecule has 2 rings (SSSR count). The fraction of sp³-hybridized carbons (Fsp3) is 0.308. The number of ether oxygens (including phenoxy) is 1. The lowest BCUT2D eigenvalue weighted by Crippen LogP contribution is -1.99. The van der Waals surface area contributed by atoms with Crippen LogP contribution >= 0.6 is 11.3 Å². The van der Waals surface area contributed by atoms with Crippen LogP contribution in [0.1, 0.15) is 17.4 Å². The van der Waals surface area contributed by atoms with E-state index in [2.05, 4.69) is 10.3 Å². The molecule has 0 unspecified atom stereocenters. The van der Waals surface area contributed by atoms with Gasteiger partial charge in [0.25, 0.3) is 0 Å². The standard InChI is InChI=1S/C13H15N3O3S/c1-3-14-13-15-7-10(20-13)8-19-12-9(2)5-4-6-11(12)16(17)18/h4-7H,3,8H2,1-2H3,(H,14,15). The molecule has 0 amide bonds. The predicted molar refractivity (Wildman–Crippen MR) is 78.4 cm³/mol. The zero-order chi connectivity index (χ0) is 14.5. The molecule has 0 saturated carbocycles. The molecule has 0 saturated heterocycles. The molecule has 1 aromatic carbocycles. The second-order valence-corrected chi connectivity index (χ2v) is 5.25. The van der Waals surface area contributed by atoms with E-state index in [-0.39, 0.29) is 12.3 Å². The van der Waals surface area contributed by atoms with Crippen LogP contribution in [0.2, 0.25) is 0 Å². The predicted octanol–water partition coefficient (Wildman–Crippen LogP) is 3.37. The second-order valence-electron chi connectivity index (χ2n) is 4.13. The van der Waals surface area contributed by atoms with Gasteiger partial charge in [-0.2, -0.15) is 0 Å². The van der Waals surface area contributed by atoms with Crippen LogP contribution < -0.4 is 10.1 Å². The van der Waals surface area contributed by atoms with E-state index < -0.39 is 4.92 Å². The topological polar surface area (TPSA) is 77.3 Å². The molecule has 0 fully saturated rings. The molecule has 0 atom stereocenters. The van der Waals surface area contributed by atoms with E-state index in [1.165, 1.54) is 17.4 Å². The first-order valence-electron chi connectivity index (χ1n) is 6.17. The van der Waals surface area contributed by atoms with Gasteiger partial charge in [-0.15, -0.1) is 0 Å². The first-order chi connectivity index (χ1) is 9.61. The molecule has 0 aliphatic rings. The van der Waals surface area contributed by atoms with Gasteiger partial charge >= 0.3 is 5.69 Å². The van der Waals surface area contributed by atoms with E-state index in [1.54, 1.807) is 25.3 Å². The minimum atomic E-state index is -0.431. The van der Waals surface area contributed by atoms with Crippen LogP contribution in [0.4, 0.5) is 10.8 Å². The summed E-state index contributed by atoms with van der Waals surface area (Å²) < 4.78 is 5.61. The van der Waals surface area contributed by atoms with Crippen molar-refractivity contribution < 1.29 is 9.66 Å². The van der Waals surface area contributed by atoms with Gasteiger partial charge in [0, 0.05) is 18.8 Å². The van der Waals surface area contributed by atoms with Crippen LogP contribution in [0, 0.1) is 17.0 Å². The number of hydrogen-bond donors (Lipinski definition) is 1. The highest BCUT2D eigenvalue weighted by Crippen LogP contribution is 2.31. The number of nitrogens with zero attached hydrogens (tertiary/aromatic N) is 2. The van der Waals surface area contributed by atoms with Gasteiger partial charge in [0.05, 0.1) is 9.80 Å². The monoisotopic (exact) mass is 293 g/mol. The van der Waals surface area contributed by atoms with Crippen molar-refractivity contribution in [3.05, 3.63) is 45.0 Å². The first kappa shape index (κ1) is 14.3. The minimum Gasteiger partial charge on any atom is -0.481 e. The third kappa shape index (κ3) is 3.24. The van der Waals surface area contributed by atoms with Gasteiger partial charge in [-0.05, 0) is 19.4 Å². The number of rotatable bonds is 6. The summed E-state index contributed by atoms with van der Waals surface area (Å²) in [7, 11) is 0. The summed E-state index contributed by atoms with van der Waals surface area (Å²) in [6, 6.07) is 4.88. The summed E-state index contributed by atoms with van der Waals surface area (Å²) in [6.07, 6.45) is 1.72. The van der Waals surface area contributed by atoms with Gasteiger partial charge < -0.3 is 10.1 Å². The number of hydrogen-bond acceptors (Lipinski definition) is 6. The normalized spacial score (nSPS) is 10.3.